The van der Waals surface area contributed by atoms with Crippen molar-refractivity contribution in [3.8, 4) is 17.2 Å². The van der Waals surface area contributed by atoms with Gasteiger partial charge in [0.1, 0.15) is 11.5 Å². The maximum absolute atomic E-state index is 13.2. The van der Waals surface area contributed by atoms with Crippen LogP contribution in [0.15, 0.2) is 51.8 Å². The van der Waals surface area contributed by atoms with E-state index in [4.69, 9.17) is 9.15 Å². The third-order valence-corrected chi connectivity index (χ3v) is 7.91. The van der Waals surface area contributed by atoms with Crippen molar-refractivity contribution >= 4 is 21.6 Å². The molecule has 0 bridgehead atoms. The summed E-state index contributed by atoms with van der Waals surface area (Å²) in [6.45, 7) is 4.69. The van der Waals surface area contributed by atoms with Crippen LogP contribution in [0.1, 0.15) is 47.5 Å². The van der Waals surface area contributed by atoms with Gasteiger partial charge >= 0.3 is 0 Å². The van der Waals surface area contributed by atoms with Crippen molar-refractivity contribution in [2.75, 3.05) is 25.5 Å². The van der Waals surface area contributed by atoms with Gasteiger partial charge in [0.25, 0.3) is 5.91 Å². The van der Waals surface area contributed by atoms with E-state index in [1.54, 1.807) is 18.2 Å². The highest BCUT2D eigenvalue weighted by molar-refractivity contribution is 7.89. The fourth-order valence-electron chi connectivity index (χ4n) is 3.98. The molecule has 1 fully saturated rings. The molecule has 2 heterocycles. The molecule has 1 saturated heterocycles. The first-order valence-corrected chi connectivity index (χ1v) is 12.8. The first-order valence-electron chi connectivity index (χ1n) is 11.3. The summed E-state index contributed by atoms with van der Waals surface area (Å²) in [6, 6.07) is 11.5. The van der Waals surface area contributed by atoms with E-state index in [-0.39, 0.29) is 10.5 Å². The summed E-state index contributed by atoms with van der Waals surface area (Å²) in [7, 11) is -2.26. The Morgan fingerprint density at radius 3 is 2.44 bits per heavy atom. The van der Waals surface area contributed by atoms with Crippen molar-refractivity contribution in [1.82, 2.24) is 9.29 Å². The van der Waals surface area contributed by atoms with Crippen LogP contribution in [0.5, 0.6) is 5.75 Å². The Balaban J connectivity index is 1.61. The van der Waals surface area contributed by atoms with E-state index in [2.05, 4.69) is 10.3 Å². The van der Waals surface area contributed by atoms with Crippen LogP contribution < -0.4 is 10.1 Å². The molecular formula is C25H29N3O5S. The third kappa shape index (κ3) is 5.00. The van der Waals surface area contributed by atoms with Crippen LogP contribution in [0.25, 0.3) is 11.5 Å². The van der Waals surface area contributed by atoms with Crippen LogP contribution in [0.4, 0.5) is 5.69 Å². The number of hydrogen-bond donors (Lipinski definition) is 1. The summed E-state index contributed by atoms with van der Waals surface area (Å²) in [5, 5.41) is 2.84. The van der Waals surface area contributed by atoms with Crippen molar-refractivity contribution in [1.29, 1.82) is 0 Å². The zero-order valence-corrected chi connectivity index (χ0v) is 20.4. The Kier molecular flexibility index (Phi) is 7.04. The highest BCUT2D eigenvalue weighted by atomic mass is 32.2. The fraction of sp³-hybridized carbons (Fsp3) is 0.360. The first-order chi connectivity index (χ1) is 16.3. The van der Waals surface area contributed by atoms with Gasteiger partial charge in [-0.25, -0.2) is 13.4 Å². The quantitative estimate of drug-likeness (QED) is 0.541. The van der Waals surface area contributed by atoms with Gasteiger partial charge in [0, 0.05) is 24.3 Å². The number of anilines is 1. The Labute approximate surface area is 200 Å². The van der Waals surface area contributed by atoms with Gasteiger partial charge in [-0.05, 0) is 63.1 Å². The van der Waals surface area contributed by atoms with Crippen LogP contribution in [-0.4, -0.2) is 43.8 Å². The highest BCUT2D eigenvalue weighted by Gasteiger charge is 2.27. The minimum Gasteiger partial charge on any atom is -0.496 e. The minimum atomic E-state index is -3.71. The van der Waals surface area contributed by atoms with Gasteiger partial charge in [-0.2, -0.15) is 4.31 Å². The van der Waals surface area contributed by atoms with Gasteiger partial charge in [0.15, 0.2) is 0 Å². The number of oxazole rings is 1. The molecule has 180 valence electrons. The lowest BCUT2D eigenvalue weighted by molar-refractivity contribution is 0.102. The average molecular weight is 484 g/mol. The molecule has 3 aromatic rings. The molecule has 0 spiro atoms. The minimum absolute atomic E-state index is 0.0832. The number of nitrogens with zero attached hydrogens (tertiary/aromatic N) is 2. The van der Waals surface area contributed by atoms with E-state index in [1.807, 2.05) is 19.9 Å². The number of carbonyl (C=O) groups excluding carboxylic acids is 1. The molecule has 1 N–H and O–H groups in total. The first kappa shape index (κ1) is 24.0. The molecule has 34 heavy (non-hydrogen) atoms. The van der Waals surface area contributed by atoms with E-state index in [0.29, 0.717) is 30.4 Å². The number of rotatable bonds is 6. The molecule has 0 atom stereocenters. The second-order valence-corrected chi connectivity index (χ2v) is 10.3. The summed E-state index contributed by atoms with van der Waals surface area (Å²) in [5.41, 5.74) is 2.19. The maximum atomic E-state index is 13.2. The second-order valence-electron chi connectivity index (χ2n) is 8.38. The largest absolute Gasteiger partial charge is 0.496 e. The highest BCUT2D eigenvalue weighted by Crippen LogP contribution is 2.28. The van der Waals surface area contributed by atoms with E-state index < -0.39 is 15.9 Å². The second kappa shape index (κ2) is 9.99. The zero-order valence-electron chi connectivity index (χ0n) is 19.6. The molecule has 0 radical (unpaired) electrons. The Bertz CT molecular complexity index is 1270. The summed E-state index contributed by atoms with van der Waals surface area (Å²) < 4.78 is 39.0. The van der Waals surface area contributed by atoms with Crippen LogP contribution in [0.2, 0.25) is 0 Å². The normalized spacial score (nSPS) is 15.0. The van der Waals surface area contributed by atoms with Crippen molar-refractivity contribution in [2.45, 2.75) is 44.4 Å². The molecular weight excluding hydrogens is 454 g/mol. The fourth-order valence-corrected chi connectivity index (χ4v) is 5.52. The van der Waals surface area contributed by atoms with E-state index in [1.165, 1.54) is 29.6 Å². The van der Waals surface area contributed by atoms with E-state index >= 15 is 0 Å². The standard InChI is InChI=1S/C25H29N3O5S/c1-17-18(2)33-25(26-17)19-9-8-10-20(15-19)27-24(29)22-16-21(11-12-23(22)32-3)34(30,31)28-13-6-4-5-7-14-28/h8-12,15-16H,4-7,13-14H2,1-3H3,(H,27,29). The monoisotopic (exact) mass is 483 g/mol. The van der Waals surface area contributed by atoms with Crippen LogP contribution in [0.3, 0.4) is 0 Å². The van der Waals surface area contributed by atoms with E-state index in [0.717, 1.165) is 42.7 Å². The Hall–Kier alpha value is -3.17. The lowest BCUT2D eigenvalue weighted by Crippen LogP contribution is -2.32. The lowest BCUT2D eigenvalue weighted by atomic mass is 10.1. The van der Waals surface area contributed by atoms with Crippen molar-refractivity contribution < 1.29 is 22.4 Å². The van der Waals surface area contributed by atoms with Crippen molar-refractivity contribution in [3.05, 3.63) is 59.5 Å². The molecule has 1 amide bonds. The number of hydrogen-bond acceptors (Lipinski definition) is 6. The van der Waals surface area contributed by atoms with Gasteiger partial charge in [-0.15, -0.1) is 0 Å². The summed E-state index contributed by atoms with van der Waals surface area (Å²) in [4.78, 5) is 17.7. The van der Waals surface area contributed by atoms with Gasteiger partial charge in [0.05, 0.1) is 23.3 Å². The molecule has 1 aliphatic rings. The number of aromatic nitrogens is 1. The molecule has 4 rings (SSSR count). The van der Waals surface area contributed by atoms with E-state index in [9.17, 15) is 13.2 Å². The SMILES string of the molecule is COc1ccc(S(=O)(=O)N2CCCCCC2)cc1C(=O)Nc1cccc(-c2nc(C)c(C)o2)c1. The molecule has 0 saturated carbocycles. The van der Waals surface area contributed by atoms with Crippen LogP contribution in [-0.2, 0) is 10.0 Å². The molecule has 2 aromatic carbocycles. The molecule has 1 aliphatic heterocycles. The third-order valence-electron chi connectivity index (χ3n) is 6.01. The number of amides is 1. The topological polar surface area (TPSA) is 102 Å². The molecule has 0 aliphatic carbocycles. The van der Waals surface area contributed by atoms with Gasteiger partial charge < -0.3 is 14.5 Å². The number of ether oxygens (including phenoxy) is 1. The predicted octanol–water partition coefficient (Wildman–Crippen LogP) is 4.78. The molecule has 1 aromatic heterocycles. The average Bonchev–Trinajstić information content (AvgIpc) is 3.02. The number of aryl methyl sites for hydroxylation is 2. The Morgan fingerprint density at radius 1 is 1.06 bits per heavy atom. The number of carbonyl (C=O) groups is 1. The number of methoxy groups -OCH3 is 1. The maximum Gasteiger partial charge on any atom is 0.259 e. The summed E-state index contributed by atoms with van der Waals surface area (Å²) in [6.07, 6.45) is 3.72. The van der Waals surface area contributed by atoms with Crippen LogP contribution in [0, 0.1) is 13.8 Å². The van der Waals surface area contributed by atoms with Gasteiger partial charge in [0.2, 0.25) is 15.9 Å². The predicted molar refractivity (Wildman–Crippen MR) is 130 cm³/mol. The van der Waals surface area contributed by atoms with Crippen molar-refractivity contribution in [3.63, 3.8) is 0 Å². The van der Waals surface area contributed by atoms with Gasteiger partial charge in [-0.3, -0.25) is 4.79 Å². The summed E-state index contributed by atoms with van der Waals surface area (Å²) >= 11 is 0. The molecule has 9 heteroatoms. The zero-order chi connectivity index (χ0) is 24.3. The molecule has 8 nitrogen and oxygen atoms in total. The van der Waals surface area contributed by atoms with Crippen LogP contribution >= 0.6 is 0 Å². The molecule has 0 unspecified atom stereocenters. The lowest BCUT2D eigenvalue weighted by Gasteiger charge is -2.20. The Morgan fingerprint density at radius 2 is 1.79 bits per heavy atom. The van der Waals surface area contributed by atoms with Crippen molar-refractivity contribution in [2.24, 2.45) is 0 Å². The smallest absolute Gasteiger partial charge is 0.259 e. The number of benzene rings is 2. The number of sulfonamides is 1. The van der Waals surface area contributed by atoms with Gasteiger partial charge in [-0.1, -0.05) is 18.9 Å². The number of nitrogens with one attached hydrogen (secondary N) is 1. The summed E-state index contributed by atoms with van der Waals surface area (Å²) in [5.74, 6) is 1.02.